The second-order valence-corrected chi connectivity index (χ2v) is 5.92. The number of rotatable bonds is 4. The number of hydrogen-bond donors (Lipinski definition) is 2. The number of nitrogens with two attached hydrogens (primary N) is 1. The van der Waals surface area contributed by atoms with Gasteiger partial charge in [-0.05, 0) is 26.7 Å². The van der Waals surface area contributed by atoms with Crippen LogP contribution in [0.25, 0.3) is 0 Å². The first kappa shape index (κ1) is 15.7. The highest BCUT2D eigenvalue weighted by Crippen LogP contribution is 2.18. The smallest absolute Gasteiger partial charge is 0.240 e. The van der Waals surface area contributed by atoms with Crippen LogP contribution in [0.3, 0.4) is 0 Å². The van der Waals surface area contributed by atoms with Crippen LogP contribution < -0.4 is 11.1 Å². The highest BCUT2D eigenvalue weighted by molar-refractivity contribution is 5.86. The van der Waals surface area contributed by atoms with E-state index in [0.29, 0.717) is 26.1 Å². The molecule has 20 heavy (non-hydrogen) atoms. The van der Waals surface area contributed by atoms with Crippen LogP contribution in [0.15, 0.2) is 0 Å². The number of ether oxygens (including phenoxy) is 2. The molecule has 3 N–H and O–H groups in total. The number of amides is 1. The molecule has 2 aliphatic heterocycles. The SMILES string of the molecule is CC(NC(=O)C1(N)CCOCC1)C(C)N1CCOCC1. The normalized spacial score (nSPS) is 26.8. The van der Waals surface area contributed by atoms with Crippen LogP contribution in [0.4, 0.5) is 0 Å². The van der Waals surface area contributed by atoms with Crippen LogP contribution in [0.1, 0.15) is 26.7 Å². The van der Waals surface area contributed by atoms with Crippen molar-refractivity contribution in [3.63, 3.8) is 0 Å². The van der Waals surface area contributed by atoms with Crippen LogP contribution in [0, 0.1) is 0 Å². The van der Waals surface area contributed by atoms with Gasteiger partial charge in [0.2, 0.25) is 5.91 Å². The first-order chi connectivity index (χ1) is 9.53. The Labute approximate surface area is 121 Å². The van der Waals surface area contributed by atoms with Gasteiger partial charge in [0.05, 0.1) is 18.8 Å². The maximum Gasteiger partial charge on any atom is 0.240 e. The fourth-order valence-corrected chi connectivity index (χ4v) is 2.73. The molecule has 0 aromatic heterocycles. The summed E-state index contributed by atoms with van der Waals surface area (Å²) in [6, 6.07) is 0.357. The monoisotopic (exact) mass is 285 g/mol. The third-order valence-corrected chi connectivity index (χ3v) is 4.54. The summed E-state index contributed by atoms with van der Waals surface area (Å²) < 4.78 is 10.6. The Bertz CT molecular complexity index is 326. The summed E-state index contributed by atoms with van der Waals surface area (Å²) in [6.07, 6.45) is 1.19. The molecular formula is C14H27N3O3. The molecule has 0 bridgehead atoms. The van der Waals surface area contributed by atoms with Gasteiger partial charge in [-0.1, -0.05) is 0 Å². The van der Waals surface area contributed by atoms with E-state index in [4.69, 9.17) is 15.2 Å². The summed E-state index contributed by atoms with van der Waals surface area (Å²) in [5.74, 6) is -0.0478. The summed E-state index contributed by atoms with van der Waals surface area (Å²) in [5, 5.41) is 3.09. The van der Waals surface area contributed by atoms with Crippen LogP contribution >= 0.6 is 0 Å². The number of nitrogens with one attached hydrogen (secondary N) is 1. The number of carbonyl (C=O) groups excluding carboxylic acids is 1. The third-order valence-electron chi connectivity index (χ3n) is 4.54. The minimum absolute atomic E-state index is 0.0478. The molecule has 0 spiro atoms. The first-order valence-corrected chi connectivity index (χ1v) is 7.52. The predicted molar refractivity (Wildman–Crippen MR) is 76.4 cm³/mol. The lowest BCUT2D eigenvalue weighted by atomic mass is 9.90. The number of nitrogens with zero attached hydrogens (tertiary/aromatic N) is 1. The predicted octanol–water partition coefficient (Wildman–Crippen LogP) is -0.280. The summed E-state index contributed by atoms with van der Waals surface area (Å²) in [6.45, 7) is 8.69. The van der Waals surface area contributed by atoms with Gasteiger partial charge >= 0.3 is 0 Å². The quantitative estimate of drug-likeness (QED) is 0.743. The van der Waals surface area contributed by atoms with Crippen molar-refractivity contribution in [2.45, 2.75) is 44.3 Å². The highest BCUT2D eigenvalue weighted by atomic mass is 16.5. The van der Waals surface area contributed by atoms with Crippen molar-refractivity contribution < 1.29 is 14.3 Å². The summed E-state index contributed by atoms with van der Waals surface area (Å²) in [7, 11) is 0. The van der Waals surface area contributed by atoms with Crippen molar-refractivity contribution in [1.29, 1.82) is 0 Å². The Morgan fingerprint density at radius 2 is 1.70 bits per heavy atom. The molecule has 1 amide bonds. The molecule has 0 aliphatic carbocycles. The summed E-state index contributed by atoms with van der Waals surface area (Å²) >= 11 is 0. The van der Waals surface area contributed by atoms with Crippen molar-refractivity contribution in [2.24, 2.45) is 5.73 Å². The van der Waals surface area contributed by atoms with E-state index in [1.165, 1.54) is 0 Å². The minimum atomic E-state index is -0.767. The molecule has 116 valence electrons. The molecule has 2 rings (SSSR count). The lowest BCUT2D eigenvalue weighted by Gasteiger charge is -2.38. The molecule has 2 saturated heterocycles. The average molecular weight is 285 g/mol. The van der Waals surface area contributed by atoms with E-state index < -0.39 is 5.54 Å². The lowest BCUT2D eigenvalue weighted by Crippen LogP contribution is -2.61. The van der Waals surface area contributed by atoms with Crippen molar-refractivity contribution in [1.82, 2.24) is 10.2 Å². The van der Waals surface area contributed by atoms with Gasteiger partial charge in [0.25, 0.3) is 0 Å². The Kier molecular flexibility index (Phi) is 5.37. The topological polar surface area (TPSA) is 76.8 Å². The zero-order chi connectivity index (χ0) is 14.6. The summed E-state index contributed by atoms with van der Waals surface area (Å²) in [4.78, 5) is 14.7. The molecule has 0 aromatic carbocycles. The van der Waals surface area contributed by atoms with E-state index in [9.17, 15) is 4.79 Å². The number of hydrogen-bond acceptors (Lipinski definition) is 5. The maximum atomic E-state index is 12.4. The minimum Gasteiger partial charge on any atom is -0.381 e. The molecule has 0 saturated carbocycles. The largest absolute Gasteiger partial charge is 0.381 e. The van der Waals surface area contributed by atoms with Gasteiger partial charge in [0.15, 0.2) is 0 Å². The van der Waals surface area contributed by atoms with Crippen molar-refractivity contribution in [3.8, 4) is 0 Å². The molecule has 2 heterocycles. The van der Waals surface area contributed by atoms with E-state index in [0.717, 1.165) is 26.3 Å². The van der Waals surface area contributed by atoms with Crippen LogP contribution in [-0.4, -0.2) is 67.9 Å². The molecule has 2 fully saturated rings. The van der Waals surface area contributed by atoms with Gasteiger partial charge in [0, 0.05) is 38.4 Å². The Balaban J connectivity index is 1.86. The molecular weight excluding hydrogens is 258 g/mol. The number of morpholine rings is 1. The van der Waals surface area contributed by atoms with E-state index in [-0.39, 0.29) is 18.0 Å². The van der Waals surface area contributed by atoms with Crippen LogP contribution in [-0.2, 0) is 14.3 Å². The Morgan fingerprint density at radius 1 is 1.15 bits per heavy atom. The van der Waals surface area contributed by atoms with Crippen LogP contribution in [0.2, 0.25) is 0 Å². The molecule has 2 atom stereocenters. The second kappa shape index (κ2) is 6.85. The van der Waals surface area contributed by atoms with E-state index in [1.54, 1.807) is 0 Å². The standard InChI is InChI=1S/C14H27N3O3/c1-11(12(2)17-5-9-20-10-6-17)16-13(18)14(15)3-7-19-8-4-14/h11-12H,3-10,15H2,1-2H3,(H,16,18). The lowest BCUT2D eigenvalue weighted by molar-refractivity contribution is -0.131. The maximum absolute atomic E-state index is 12.4. The highest BCUT2D eigenvalue weighted by Gasteiger charge is 2.37. The van der Waals surface area contributed by atoms with Gasteiger partial charge < -0.3 is 20.5 Å². The molecule has 6 nitrogen and oxygen atoms in total. The fourth-order valence-electron chi connectivity index (χ4n) is 2.73. The Hall–Kier alpha value is -0.690. The molecule has 0 radical (unpaired) electrons. The van der Waals surface area contributed by atoms with E-state index in [2.05, 4.69) is 17.1 Å². The van der Waals surface area contributed by atoms with Crippen molar-refractivity contribution in [2.75, 3.05) is 39.5 Å². The summed E-state index contributed by atoms with van der Waals surface area (Å²) in [5.41, 5.74) is 5.44. The second-order valence-electron chi connectivity index (χ2n) is 5.92. The van der Waals surface area contributed by atoms with Crippen LogP contribution in [0.5, 0.6) is 0 Å². The Morgan fingerprint density at radius 3 is 2.30 bits per heavy atom. The molecule has 2 unspecified atom stereocenters. The zero-order valence-electron chi connectivity index (χ0n) is 12.6. The first-order valence-electron chi connectivity index (χ1n) is 7.52. The van der Waals surface area contributed by atoms with E-state index >= 15 is 0 Å². The van der Waals surface area contributed by atoms with Gasteiger partial charge in [-0.15, -0.1) is 0 Å². The van der Waals surface area contributed by atoms with Gasteiger partial charge in [-0.3, -0.25) is 9.69 Å². The van der Waals surface area contributed by atoms with E-state index in [1.807, 2.05) is 6.92 Å². The molecule has 0 aromatic rings. The fraction of sp³-hybridized carbons (Fsp3) is 0.929. The van der Waals surface area contributed by atoms with Crippen molar-refractivity contribution in [3.05, 3.63) is 0 Å². The van der Waals surface area contributed by atoms with Gasteiger partial charge in [0.1, 0.15) is 0 Å². The molecule has 6 heteroatoms. The third kappa shape index (κ3) is 3.69. The van der Waals surface area contributed by atoms with Gasteiger partial charge in [-0.2, -0.15) is 0 Å². The molecule has 2 aliphatic rings. The average Bonchev–Trinajstić information content (AvgIpc) is 2.48. The number of carbonyl (C=O) groups is 1. The zero-order valence-corrected chi connectivity index (χ0v) is 12.6. The van der Waals surface area contributed by atoms with Gasteiger partial charge in [-0.25, -0.2) is 0 Å². The van der Waals surface area contributed by atoms with Crippen molar-refractivity contribution >= 4 is 5.91 Å².